The minimum Gasteiger partial charge on any atom is -0.350 e. The summed E-state index contributed by atoms with van der Waals surface area (Å²) in [6, 6.07) is 8.74. The second kappa shape index (κ2) is 6.86. The Hall–Kier alpha value is -1.97. The normalized spacial score (nSPS) is 15.9. The van der Waals surface area contributed by atoms with Crippen LogP contribution in [0.1, 0.15) is 37.7 Å². The number of hydrogen-bond acceptors (Lipinski definition) is 1. The van der Waals surface area contributed by atoms with Crippen LogP contribution in [0.5, 0.6) is 0 Å². The third-order valence-corrected chi connectivity index (χ3v) is 4.60. The molecule has 0 bridgehead atoms. The number of benzene rings is 1. The van der Waals surface area contributed by atoms with Crippen molar-refractivity contribution in [3.05, 3.63) is 36.0 Å². The van der Waals surface area contributed by atoms with Gasteiger partial charge >= 0.3 is 6.03 Å². The summed E-state index contributed by atoms with van der Waals surface area (Å²) in [5.41, 5.74) is 2.53. The molecule has 4 nitrogen and oxygen atoms in total. The van der Waals surface area contributed by atoms with Crippen LogP contribution < -0.4 is 10.6 Å². The molecular formula is C18H25N3O. The van der Waals surface area contributed by atoms with Crippen LogP contribution in [0.2, 0.25) is 0 Å². The van der Waals surface area contributed by atoms with Crippen molar-refractivity contribution in [1.29, 1.82) is 0 Å². The SMILES string of the molecule is Cn1cc(CCNC(=O)NC2CCCCC2)c2ccccc21. The van der Waals surface area contributed by atoms with E-state index in [1.165, 1.54) is 35.7 Å². The number of urea groups is 1. The summed E-state index contributed by atoms with van der Waals surface area (Å²) in [5, 5.41) is 7.36. The van der Waals surface area contributed by atoms with Crippen LogP contribution in [0.3, 0.4) is 0 Å². The topological polar surface area (TPSA) is 46.1 Å². The molecule has 1 fully saturated rings. The lowest BCUT2D eigenvalue weighted by atomic mass is 9.96. The molecule has 0 radical (unpaired) electrons. The van der Waals surface area contributed by atoms with E-state index in [1.807, 2.05) is 0 Å². The van der Waals surface area contributed by atoms with Crippen LogP contribution in [0.15, 0.2) is 30.5 Å². The highest BCUT2D eigenvalue weighted by atomic mass is 16.2. The first-order valence-electron chi connectivity index (χ1n) is 8.31. The average Bonchev–Trinajstić information content (AvgIpc) is 2.85. The number of para-hydroxylation sites is 1. The molecule has 0 saturated heterocycles. The molecule has 0 spiro atoms. The molecule has 1 aliphatic rings. The van der Waals surface area contributed by atoms with E-state index in [-0.39, 0.29) is 6.03 Å². The van der Waals surface area contributed by atoms with Gasteiger partial charge in [-0.25, -0.2) is 4.79 Å². The number of carbonyl (C=O) groups excluding carboxylic acids is 1. The number of nitrogens with one attached hydrogen (secondary N) is 2. The molecule has 0 atom stereocenters. The van der Waals surface area contributed by atoms with E-state index >= 15 is 0 Å². The molecule has 3 rings (SSSR count). The summed E-state index contributed by atoms with van der Waals surface area (Å²) in [7, 11) is 2.06. The summed E-state index contributed by atoms with van der Waals surface area (Å²) >= 11 is 0. The molecule has 0 unspecified atom stereocenters. The van der Waals surface area contributed by atoms with Crippen LogP contribution in [0, 0.1) is 0 Å². The zero-order valence-electron chi connectivity index (χ0n) is 13.3. The lowest BCUT2D eigenvalue weighted by Gasteiger charge is -2.22. The van der Waals surface area contributed by atoms with Crippen molar-refractivity contribution in [2.24, 2.45) is 7.05 Å². The Morgan fingerprint density at radius 1 is 1.23 bits per heavy atom. The zero-order valence-corrected chi connectivity index (χ0v) is 13.3. The van der Waals surface area contributed by atoms with E-state index in [1.54, 1.807) is 0 Å². The second-order valence-corrected chi connectivity index (χ2v) is 6.27. The van der Waals surface area contributed by atoms with Crippen molar-refractivity contribution in [2.45, 2.75) is 44.6 Å². The predicted molar refractivity (Wildman–Crippen MR) is 90.0 cm³/mol. The summed E-state index contributed by atoms with van der Waals surface area (Å²) in [6.07, 6.45) is 9.04. The molecule has 0 aliphatic heterocycles. The van der Waals surface area contributed by atoms with Gasteiger partial charge in [-0.3, -0.25) is 0 Å². The largest absolute Gasteiger partial charge is 0.350 e. The quantitative estimate of drug-likeness (QED) is 0.893. The van der Waals surface area contributed by atoms with Gasteiger partial charge in [-0.1, -0.05) is 37.5 Å². The Balaban J connectivity index is 1.50. The number of fused-ring (bicyclic) bond motifs is 1. The maximum atomic E-state index is 11.9. The van der Waals surface area contributed by atoms with Gasteiger partial charge < -0.3 is 15.2 Å². The third-order valence-electron chi connectivity index (χ3n) is 4.60. The Kier molecular flexibility index (Phi) is 4.66. The van der Waals surface area contributed by atoms with Gasteiger partial charge in [0.1, 0.15) is 0 Å². The van der Waals surface area contributed by atoms with Gasteiger partial charge in [-0.05, 0) is 30.9 Å². The van der Waals surface area contributed by atoms with Crippen LogP contribution in [-0.2, 0) is 13.5 Å². The predicted octanol–water partition coefficient (Wildman–Crippen LogP) is 3.35. The Morgan fingerprint density at radius 3 is 2.82 bits per heavy atom. The minimum absolute atomic E-state index is 0.0212. The highest BCUT2D eigenvalue weighted by Crippen LogP contribution is 2.20. The first kappa shape index (κ1) is 14.9. The van der Waals surface area contributed by atoms with E-state index in [0.29, 0.717) is 12.6 Å². The first-order chi connectivity index (χ1) is 10.7. The molecule has 1 aromatic carbocycles. The van der Waals surface area contributed by atoms with Crippen LogP contribution in [-0.4, -0.2) is 23.2 Å². The highest BCUT2D eigenvalue weighted by molar-refractivity contribution is 5.84. The van der Waals surface area contributed by atoms with E-state index in [2.05, 4.69) is 52.7 Å². The molecule has 22 heavy (non-hydrogen) atoms. The van der Waals surface area contributed by atoms with E-state index in [0.717, 1.165) is 19.3 Å². The molecule has 2 aromatic rings. The van der Waals surface area contributed by atoms with Gasteiger partial charge in [0, 0.05) is 36.7 Å². The smallest absolute Gasteiger partial charge is 0.315 e. The summed E-state index contributed by atoms with van der Waals surface area (Å²) < 4.78 is 2.15. The maximum absolute atomic E-state index is 11.9. The van der Waals surface area contributed by atoms with Crippen LogP contribution in [0.4, 0.5) is 4.79 Å². The molecule has 1 saturated carbocycles. The molecule has 1 aromatic heterocycles. The van der Waals surface area contributed by atoms with Gasteiger partial charge in [0.05, 0.1) is 0 Å². The molecule has 2 amide bonds. The number of hydrogen-bond donors (Lipinski definition) is 2. The lowest BCUT2D eigenvalue weighted by molar-refractivity contribution is 0.233. The van der Waals surface area contributed by atoms with Gasteiger partial charge in [-0.2, -0.15) is 0 Å². The summed E-state index contributed by atoms with van der Waals surface area (Å²) in [6.45, 7) is 0.673. The van der Waals surface area contributed by atoms with E-state index < -0.39 is 0 Å². The molecular weight excluding hydrogens is 274 g/mol. The first-order valence-corrected chi connectivity index (χ1v) is 8.31. The maximum Gasteiger partial charge on any atom is 0.315 e. The molecule has 2 N–H and O–H groups in total. The number of carbonyl (C=O) groups is 1. The van der Waals surface area contributed by atoms with Crippen molar-refractivity contribution in [2.75, 3.05) is 6.54 Å². The fourth-order valence-corrected chi connectivity index (χ4v) is 3.42. The Bertz CT molecular complexity index is 641. The van der Waals surface area contributed by atoms with Crippen molar-refractivity contribution >= 4 is 16.9 Å². The third kappa shape index (κ3) is 3.43. The van der Waals surface area contributed by atoms with Crippen LogP contribution >= 0.6 is 0 Å². The van der Waals surface area contributed by atoms with E-state index in [4.69, 9.17) is 0 Å². The number of nitrogens with zero attached hydrogens (tertiary/aromatic N) is 1. The van der Waals surface area contributed by atoms with Gasteiger partial charge in [0.2, 0.25) is 0 Å². The van der Waals surface area contributed by atoms with Gasteiger partial charge in [0.15, 0.2) is 0 Å². The van der Waals surface area contributed by atoms with Crippen molar-refractivity contribution < 1.29 is 4.79 Å². The average molecular weight is 299 g/mol. The van der Waals surface area contributed by atoms with Gasteiger partial charge in [-0.15, -0.1) is 0 Å². The summed E-state index contributed by atoms with van der Waals surface area (Å²) in [5.74, 6) is 0. The standard InChI is InChI=1S/C18H25N3O/c1-21-13-14(16-9-5-6-10-17(16)21)11-12-19-18(22)20-15-7-3-2-4-8-15/h5-6,9-10,13,15H,2-4,7-8,11-12H2,1H3,(H2,19,20,22). The lowest BCUT2D eigenvalue weighted by Crippen LogP contribution is -2.43. The fourth-order valence-electron chi connectivity index (χ4n) is 3.42. The van der Waals surface area contributed by atoms with Crippen molar-refractivity contribution in [1.82, 2.24) is 15.2 Å². The fraction of sp³-hybridized carbons (Fsp3) is 0.500. The van der Waals surface area contributed by atoms with Crippen LogP contribution in [0.25, 0.3) is 10.9 Å². The minimum atomic E-state index is -0.0212. The number of rotatable bonds is 4. The van der Waals surface area contributed by atoms with Gasteiger partial charge in [0.25, 0.3) is 0 Å². The number of aromatic nitrogens is 1. The molecule has 1 aliphatic carbocycles. The van der Waals surface area contributed by atoms with E-state index in [9.17, 15) is 4.79 Å². The second-order valence-electron chi connectivity index (χ2n) is 6.27. The van der Waals surface area contributed by atoms with Crippen molar-refractivity contribution in [3.8, 4) is 0 Å². The zero-order chi connectivity index (χ0) is 15.4. The Morgan fingerprint density at radius 2 is 2.00 bits per heavy atom. The molecule has 118 valence electrons. The monoisotopic (exact) mass is 299 g/mol. The highest BCUT2D eigenvalue weighted by Gasteiger charge is 2.15. The molecule has 1 heterocycles. The Labute approximate surface area is 131 Å². The van der Waals surface area contributed by atoms with Crippen molar-refractivity contribution in [3.63, 3.8) is 0 Å². The number of amides is 2. The molecule has 4 heteroatoms. The summed E-state index contributed by atoms with van der Waals surface area (Å²) in [4.78, 5) is 11.9. The number of aryl methyl sites for hydroxylation is 1.